The van der Waals surface area contributed by atoms with Gasteiger partial charge in [0, 0.05) is 22.5 Å². The topological polar surface area (TPSA) is 21.3 Å². The van der Waals surface area contributed by atoms with E-state index in [1.165, 1.54) is 6.07 Å². The van der Waals surface area contributed by atoms with E-state index in [1.807, 2.05) is 18.2 Å². The monoisotopic (exact) mass is 349 g/mol. The van der Waals surface area contributed by atoms with Gasteiger partial charge in [0.05, 0.1) is 0 Å². The number of benzene rings is 2. The maximum Gasteiger partial charge on any atom is 0.126 e. The first-order valence-corrected chi connectivity index (χ1v) is 7.91. The molecule has 2 atom stereocenters. The average molecular weight is 350 g/mol. The van der Waals surface area contributed by atoms with Crippen molar-refractivity contribution in [2.75, 3.05) is 6.54 Å². The number of nitrogens with one attached hydrogen (secondary N) is 1. The van der Waals surface area contributed by atoms with Crippen LogP contribution in [0.15, 0.2) is 46.9 Å². The number of hydrogen-bond donors (Lipinski definition) is 1. The molecule has 1 N–H and O–H groups in total. The molecule has 1 heterocycles. The van der Waals surface area contributed by atoms with Gasteiger partial charge >= 0.3 is 0 Å². The fourth-order valence-corrected chi connectivity index (χ4v) is 3.17. The second-order valence-electron chi connectivity index (χ2n) is 5.19. The van der Waals surface area contributed by atoms with Gasteiger partial charge in [0.1, 0.15) is 17.7 Å². The lowest BCUT2D eigenvalue weighted by atomic mass is 9.93. The normalized spacial score (nSPS) is 20.7. The van der Waals surface area contributed by atoms with Crippen LogP contribution in [-0.2, 0) is 0 Å². The van der Waals surface area contributed by atoms with E-state index in [9.17, 15) is 4.39 Å². The minimum atomic E-state index is -0.224. The Bertz CT molecular complexity index is 646. The van der Waals surface area contributed by atoms with Crippen LogP contribution < -0.4 is 10.1 Å². The molecule has 0 fully saturated rings. The summed E-state index contributed by atoms with van der Waals surface area (Å²) >= 11 is 3.51. The third-order valence-corrected chi connectivity index (χ3v) is 4.23. The molecule has 2 aromatic rings. The molecule has 1 aliphatic heterocycles. The fraction of sp³-hybridized carbons (Fsp3) is 0.294. The van der Waals surface area contributed by atoms with E-state index in [-0.39, 0.29) is 18.0 Å². The second-order valence-corrected chi connectivity index (χ2v) is 6.11. The summed E-state index contributed by atoms with van der Waals surface area (Å²) in [6, 6.07) is 12.9. The van der Waals surface area contributed by atoms with E-state index in [0.717, 1.165) is 34.3 Å². The summed E-state index contributed by atoms with van der Waals surface area (Å²) in [6.07, 6.45) is 0.666. The summed E-state index contributed by atoms with van der Waals surface area (Å²) in [5.74, 6) is 0.641. The van der Waals surface area contributed by atoms with Crippen LogP contribution in [0.25, 0.3) is 0 Å². The maximum atomic E-state index is 13.4. The van der Waals surface area contributed by atoms with Gasteiger partial charge in [0.2, 0.25) is 0 Å². The minimum Gasteiger partial charge on any atom is -0.485 e. The minimum absolute atomic E-state index is 0.126. The van der Waals surface area contributed by atoms with Crippen molar-refractivity contribution in [3.63, 3.8) is 0 Å². The van der Waals surface area contributed by atoms with Gasteiger partial charge in [-0.05, 0) is 42.4 Å². The van der Waals surface area contributed by atoms with Crippen molar-refractivity contribution in [2.24, 2.45) is 0 Å². The number of hydrogen-bond acceptors (Lipinski definition) is 2. The molecule has 0 aliphatic carbocycles. The predicted molar refractivity (Wildman–Crippen MR) is 84.9 cm³/mol. The van der Waals surface area contributed by atoms with Crippen molar-refractivity contribution < 1.29 is 9.13 Å². The molecule has 4 heteroatoms. The average Bonchev–Trinajstić information content (AvgIpc) is 2.48. The highest BCUT2D eigenvalue weighted by atomic mass is 79.9. The van der Waals surface area contributed by atoms with Crippen LogP contribution in [0.1, 0.15) is 36.6 Å². The van der Waals surface area contributed by atoms with E-state index in [1.54, 1.807) is 12.1 Å². The molecule has 2 nitrogen and oxygen atoms in total. The molecule has 2 unspecified atom stereocenters. The van der Waals surface area contributed by atoms with Crippen LogP contribution in [0.4, 0.5) is 4.39 Å². The molecule has 0 saturated carbocycles. The van der Waals surface area contributed by atoms with Crippen molar-refractivity contribution in [3.8, 4) is 5.75 Å². The first kappa shape index (κ1) is 14.5. The first-order chi connectivity index (χ1) is 10.2. The molecule has 21 heavy (non-hydrogen) atoms. The van der Waals surface area contributed by atoms with Crippen LogP contribution >= 0.6 is 15.9 Å². The number of fused-ring (bicyclic) bond motifs is 1. The maximum absolute atomic E-state index is 13.4. The van der Waals surface area contributed by atoms with Crippen molar-refractivity contribution in [1.29, 1.82) is 0 Å². The van der Waals surface area contributed by atoms with E-state index in [0.29, 0.717) is 0 Å². The third kappa shape index (κ3) is 3.11. The Balaban J connectivity index is 1.95. The van der Waals surface area contributed by atoms with Crippen molar-refractivity contribution >= 4 is 15.9 Å². The van der Waals surface area contributed by atoms with E-state index < -0.39 is 0 Å². The smallest absolute Gasteiger partial charge is 0.126 e. The molecule has 0 aromatic heterocycles. The summed E-state index contributed by atoms with van der Waals surface area (Å²) < 4.78 is 20.6. The van der Waals surface area contributed by atoms with Gasteiger partial charge < -0.3 is 10.1 Å². The Labute approximate surface area is 132 Å². The Morgan fingerprint density at radius 3 is 2.90 bits per heavy atom. The molecule has 2 aromatic carbocycles. The SMILES string of the molecule is CCNC1CC(c2cccc(F)c2)Oc2ccc(Br)cc21. The molecule has 1 aliphatic rings. The van der Waals surface area contributed by atoms with Crippen LogP contribution in [0, 0.1) is 5.82 Å². The Kier molecular flexibility index (Phi) is 4.27. The largest absolute Gasteiger partial charge is 0.485 e. The fourth-order valence-electron chi connectivity index (χ4n) is 2.79. The Morgan fingerprint density at radius 1 is 1.29 bits per heavy atom. The summed E-state index contributed by atoms with van der Waals surface area (Å²) in [4.78, 5) is 0. The van der Waals surface area contributed by atoms with Crippen molar-refractivity contribution in [1.82, 2.24) is 5.32 Å². The molecule has 0 amide bonds. The van der Waals surface area contributed by atoms with E-state index in [2.05, 4.69) is 34.2 Å². The van der Waals surface area contributed by atoms with Gasteiger partial charge in [-0.15, -0.1) is 0 Å². The lowest BCUT2D eigenvalue weighted by Crippen LogP contribution is -2.29. The number of ether oxygens (including phenoxy) is 1. The summed E-state index contributed by atoms with van der Waals surface area (Å²) in [6.45, 7) is 2.97. The lowest BCUT2D eigenvalue weighted by Gasteiger charge is -2.33. The molecule has 110 valence electrons. The van der Waals surface area contributed by atoms with E-state index in [4.69, 9.17) is 4.74 Å². The highest BCUT2D eigenvalue weighted by Gasteiger charge is 2.29. The standard InChI is InChI=1S/C17H17BrFNO/c1-2-20-15-10-17(11-4-3-5-13(19)8-11)21-16-7-6-12(18)9-14(15)16/h3-9,15,17,20H,2,10H2,1H3. The molecule has 0 radical (unpaired) electrons. The highest BCUT2D eigenvalue weighted by molar-refractivity contribution is 9.10. The van der Waals surface area contributed by atoms with E-state index >= 15 is 0 Å². The molecule has 3 rings (SSSR count). The molecule has 0 saturated heterocycles. The summed E-state index contributed by atoms with van der Waals surface area (Å²) in [7, 11) is 0. The quantitative estimate of drug-likeness (QED) is 0.862. The van der Waals surface area contributed by atoms with Gasteiger partial charge in [0.25, 0.3) is 0 Å². The van der Waals surface area contributed by atoms with Gasteiger partial charge in [-0.3, -0.25) is 0 Å². The van der Waals surface area contributed by atoms with Crippen molar-refractivity contribution in [3.05, 3.63) is 63.9 Å². The lowest BCUT2D eigenvalue weighted by molar-refractivity contribution is 0.151. The third-order valence-electron chi connectivity index (χ3n) is 3.74. The van der Waals surface area contributed by atoms with Crippen LogP contribution in [0.3, 0.4) is 0 Å². The van der Waals surface area contributed by atoms with Crippen LogP contribution in [0.5, 0.6) is 5.75 Å². The number of rotatable bonds is 3. The Hall–Kier alpha value is -1.39. The van der Waals surface area contributed by atoms with Crippen LogP contribution in [0.2, 0.25) is 0 Å². The molecule has 0 spiro atoms. The van der Waals surface area contributed by atoms with Crippen LogP contribution in [-0.4, -0.2) is 6.54 Å². The van der Waals surface area contributed by atoms with Crippen molar-refractivity contribution in [2.45, 2.75) is 25.5 Å². The zero-order valence-corrected chi connectivity index (χ0v) is 13.4. The van der Waals surface area contributed by atoms with Gasteiger partial charge in [0.15, 0.2) is 0 Å². The molecule has 0 bridgehead atoms. The molecular formula is C17H17BrFNO. The highest BCUT2D eigenvalue weighted by Crippen LogP contribution is 2.41. The summed E-state index contributed by atoms with van der Waals surface area (Å²) in [5, 5.41) is 3.49. The second kappa shape index (κ2) is 6.16. The van der Waals surface area contributed by atoms with Gasteiger partial charge in [-0.25, -0.2) is 4.39 Å². The predicted octanol–water partition coefficient (Wildman–Crippen LogP) is 4.76. The number of halogens is 2. The Morgan fingerprint density at radius 2 is 2.14 bits per heavy atom. The zero-order valence-electron chi connectivity index (χ0n) is 11.8. The summed E-state index contributed by atoms with van der Waals surface area (Å²) in [5.41, 5.74) is 2.03. The molecular weight excluding hydrogens is 333 g/mol. The zero-order chi connectivity index (χ0) is 14.8. The van der Waals surface area contributed by atoms with Gasteiger partial charge in [-0.2, -0.15) is 0 Å². The first-order valence-electron chi connectivity index (χ1n) is 7.12. The van der Waals surface area contributed by atoms with Gasteiger partial charge in [-0.1, -0.05) is 35.0 Å².